The summed E-state index contributed by atoms with van der Waals surface area (Å²) in [6, 6.07) is 15.8. The maximum Gasteiger partial charge on any atom is 0.407 e. The number of ether oxygens (including phenoxy) is 2. The van der Waals surface area contributed by atoms with Crippen LogP contribution in [0.15, 0.2) is 60.8 Å². The number of alkyl carbamates (subject to hydrolysis) is 1. The fourth-order valence-corrected chi connectivity index (χ4v) is 10.1. The van der Waals surface area contributed by atoms with Gasteiger partial charge >= 0.3 is 18.0 Å². The number of carboxylic acids is 1. The van der Waals surface area contributed by atoms with Crippen molar-refractivity contribution in [2.75, 3.05) is 31.2 Å². The Morgan fingerprint density at radius 1 is 0.900 bits per heavy atom. The number of hydrogen-bond acceptors (Lipinski definition) is 8. The predicted octanol–water partition coefficient (Wildman–Crippen LogP) is 7.98. The van der Waals surface area contributed by atoms with Crippen molar-refractivity contribution in [1.82, 2.24) is 20.5 Å². The van der Waals surface area contributed by atoms with Gasteiger partial charge in [-0.1, -0.05) is 64.2 Å². The van der Waals surface area contributed by atoms with Gasteiger partial charge in [-0.2, -0.15) is 0 Å². The number of benzene rings is 2. The second-order valence-electron chi connectivity index (χ2n) is 17.8. The summed E-state index contributed by atoms with van der Waals surface area (Å²) in [5, 5.41) is 17.3. The summed E-state index contributed by atoms with van der Waals surface area (Å²) in [7, 11) is -2.01. The van der Waals surface area contributed by atoms with Gasteiger partial charge in [-0.25, -0.2) is 18.4 Å². The maximum absolute atomic E-state index is 15.0. The van der Waals surface area contributed by atoms with Crippen LogP contribution in [0.25, 0.3) is 11.1 Å². The second-order valence-corrected chi connectivity index (χ2v) is 24.0. The van der Waals surface area contributed by atoms with E-state index in [0.29, 0.717) is 24.6 Å². The monoisotopic (exact) mass is 872 g/mol. The van der Waals surface area contributed by atoms with Gasteiger partial charge in [0.15, 0.2) is 0 Å². The molecule has 4 N–H and O–H groups in total. The van der Waals surface area contributed by atoms with Crippen molar-refractivity contribution in [3.8, 4) is 11.1 Å². The van der Waals surface area contributed by atoms with E-state index in [2.05, 4.69) is 54.4 Å². The van der Waals surface area contributed by atoms with Crippen molar-refractivity contribution in [2.45, 2.75) is 110 Å². The van der Waals surface area contributed by atoms with Crippen LogP contribution in [-0.4, -0.2) is 90.4 Å². The number of carboxylic acid groups (broad SMARTS) is 1. The van der Waals surface area contributed by atoms with E-state index in [1.54, 1.807) is 20.8 Å². The molecule has 0 saturated heterocycles. The van der Waals surface area contributed by atoms with Crippen molar-refractivity contribution in [2.24, 2.45) is 5.41 Å². The molecule has 1 heterocycles. The number of esters is 1. The fraction of sp³-hybridized carbons (Fsp3) is 0.523. The molecule has 0 radical (unpaired) electrons. The van der Waals surface area contributed by atoms with Crippen LogP contribution in [0.4, 0.5) is 13.6 Å². The smallest absolute Gasteiger partial charge is 0.407 e. The lowest BCUT2D eigenvalue weighted by Crippen LogP contribution is -2.43. The molecule has 1 aromatic heterocycles. The normalized spacial score (nSPS) is 12.9. The second kappa shape index (κ2) is 22.8. The highest BCUT2D eigenvalue weighted by atomic mass is 32.2. The van der Waals surface area contributed by atoms with Crippen LogP contribution in [0, 0.1) is 17.0 Å². The van der Waals surface area contributed by atoms with Gasteiger partial charge in [-0.3, -0.25) is 14.4 Å². The first kappa shape index (κ1) is 49.7. The van der Waals surface area contributed by atoms with E-state index in [1.165, 1.54) is 6.07 Å². The molecule has 0 bridgehead atoms. The number of nitrogens with one attached hydrogen (secondary N) is 3. The standard InChI is InChI=1S/C44H62F2N4O8SSi/c1-43(2,3)34(37-23-31(33-24-32(45)15-16-35(33)46)26-50(37)25-30-13-10-9-11-14-30)29-60(7,8)22-21-57-42(56)48-20-12-19-47-39(52)28-59-27-36(41(54)55)49-38(51)17-18-40(53)58-44(4,5)6/h9-11,13-16,23-24,26,34,36H,12,17-22,25,27-29H2,1-8H3,(H,47,52)(H,48,56)(H,49,51)(H,54,55)/t34-,36-/m0/s1. The third kappa shape index (κ3) is 17.9. The zero-order valence-electron chi connectivity index (χ0n) is 36.1. The Kier molecular flexibility index (Phi) is 18.8. The lowest BCUT2D eigenvalue weighted by molar-refractivity contribution is -0.155. The number of amides is 3. The molecule has 2 aromatic carbocycles. The summed E-state index contributed by atoms with van der Waals surface area (Å²) in [6.07, 6.45) is 1.39. The van der Waals surface area contributed by atoms with Crippen LogP contribution in [-0.2, 0) is 35.2 Å². The van der Waals surface area contributed by atoms with Crippen LogP contribution in [0.2, 0.25) is 25.2 Å². The average Bonchev–Trinajstić information content (AvgIpc) is 3.55. The Morgan fingerprint density at radius 2 is 1.58 bits per heavy atom. The molecule has 0 aliphatic heterocycles. The highest BCUT2D eigenvalue weighted by Crippen LogP contribution is 2.44. The number of hydrogen-bond donors (Lipinski definition) is 4. The molecule has 3 amide bonds. The molecule has 2 atom stereocenters. The van der Waals surface area contributed by atoms with Gasteiger partial charge < -0.3 is 35.1 Å². The molecule has 0 aliphatic carbocycles. The van der Waals surface area contributed by atoms with Gasteiger partial charge in [0.25, 0.3) is 0 Å². The highest BCUT2D eigenvalue weighted by molar-refractivity contribution is 8.00. The first-order chi connectivity index (χ1) is 28.0. The molecular weight excluding hydrogens is 811 g/mol. The molecule has 0 spiro atoms. The number of carbonyl (C=O) groups is 5. The van der Waals surface area contributed by atoms with Gasteiger partial charge in [-0.05, 0) is 74.5 Å². The van der Waals surface area contributed by atoms with Gasteiger partial charge in [0.2, 0.25) is 11.8 Å². The molecule has 0 aliphatic rings. The topological polar surface area (TPSA) is 165 Å². The Balaban J connectivity index is 1.44. The third-order valence-electron chi connectivity index (χ3n) is 9.61. The van der Waals surface area contributed by atoms with Crippen molar-refractivity contribution in [3.05, 3.63) is 83.7 Å². The number of thioether (sulfide) groups is 1. The summed E-state index contributed by atoms with van der Waals surface area (Å²) in [5.74, 6) is -3.76. The van der Waals surface area contributed by atoms with Crippen LogP contribution in [0.1, 0.15) is 78.0 Å². The van der Waals surface area contributed by atoms with E-state index in [1.807, 2.05) is 42.6 Å². The van der Waals surface area contributed by atoms with Crippen molar-refractivity contribution in [1.29, 1.82) is 0 Å². The van der Waals surface area contributed by atoms with Crippen LogP contribution >= 0.6 is 11.8 Å². The van der Waals surface area contributed by atoms with Crippen LogP contribution in [0.5, 0.6) is 0 Å². The van der Waals surface area contributed by atoms with Crippen molar-refractivity contribution >= 4 is 49.7 Å². The van der Waals surface area contributed by atoms with E-state index in [0.717, 1.165) is 41.2 Å². The third-order valence-corrected chi connectivity index (χ3v) is 13.7. The number of halogens is 2. The van der Waals surface area contributed by atoms with Gasteiger partial charge in [0.05, 0.1) is 26.9 Å². The number of aromatic nitrogens is 1. The number of carbonyl (C=O) groups excluding carboxylic acids is 4. The minimum atomic E-state index is -2.01. The quantitative estimate of drug-likeness (QED) is 0.0445. The van der Waals surface area contributed by atoms with Crippen LogP contribution in [0.3, 0.4) is 0 Å². The van der Waals surface area contributed by atoms with Crippen molar-refractivity contribution < 1.29 is 47.3 Å². The van der Waals surface area contributed by atoms with Crippen LogP contribution < -0.4 is 16.0 Å². The summed E-state index contributed by atoms with van der Waals surface area (Å²) >= 11 is 1.04. The molecule has 3 rings (SSSR count). The molecular formula is C44H62F2N4O8SSi. The predicted molar refractivity (Wildman–Crippen MR) is 234 cm³/mol. The Labute approximate surface area is 357 Å². The zero-order chi connectivity index (χ0) is 44.7. The Morgan fingerprint density at radius 3 is 2.23 bits per heavy atom. The molecule has 0 unspecified atom stereocenters. The summed E-state index contributed by atoms with van der Waals surface area (Å²) in [6.45, 7) is 17.6. The first-order valence-electron chi connectivity index (χ1n) is 20.2. The number of aliphatic carboxylic acids is 1. The molecule has 16 heteroatoms. The number of rotatable bonds is 22. The molecule has 0 fully saturated rings. The van der Waals surface area contributed by atoms with E-state index < -0.39 is 55.3 Å². The number of nitrogens with zero attached hydrogens (tertiary/aromatic N) is 1. The zero-order valence-corrected chi connectivity index (χ0v) is 37.9. The highest BCUT2D eigenvalue weighted by Gasteiger charge is 2.36. The molecule has 330 valence electrons. The molecule has 12 nitrogen and oxygen atoms in total. The molecule has 3 aromatic rings. The average molecular weight is 873 g/mol. The minimum absolute atomic E-state index is 0.0334. The molecule has 60 heavy (non-hydrogen) atoms. The maximum atomic E-state index is 15.0. The first-order valence-corrected chi connectivity index (χ1v) is 24.8. The van der Waals surface area contributed by atoms with E-state index in [-0.39, 0.29) is 66.8 Å². The fourth-order valence-electron chi connectivity index (χ4n) is 6.46. The Hall–Kier alpha value is -4.70. The van der Waals surface area contributed by atoms with Gasteiger partial charge in [0.1, 0.15) is 23.3 Å². The summed E-state index contributed by atoms with van der Waals surface area (Å²) < 4.78 is 42.1. The lowest BCUT2D eigenvalue weighted by Gasteiger charge is -2.37. The Bertz CT molecular complexity index is 1910. The van der Waals surface area contributed by atoms with Crippen molar-refractivity contribution in [3.63, 3.8) is 0 Å². The van der Waals surface area contributed by atoms with Gasteiger partial charge in [-0.15, -0.1) is 11.8 Å². The lowest BCUT2D eigenvalue weighted by atomic mass is 9.79. The van der Waals surface area contributed by atoms with E-state index in [9.17, 15) is 37.9 Å². The largest absolute Gasteiger partial charge is 0.480 e. The van der Waals surface area contributed by atoms with E-state index in [4.69, 9.17) is 9.47 Å². The molecule has 0 saturated carbocycles. The minimum Gasteiger partial charge on any atom is -0.480 e. The van der Waals surface area contributed by atoms with E-state index >= 15 is 0 Å². The van der Waals surface area contributed by atoms with Gasteiger partial charge in [0, 0.05) is 60.7 Å². The SMILES string of the molecule is CC(C)(C)OC(=O)CCC(=O)N[C@@H](CSCC(=O)NCCCNC(=O)OCC[Si](C)(C)C[C@@H](c1cc(-c2cc(F)ccc2F)cn1Cc1ccccc1)C(C)(C)C)C(=O)O. The summed E-state index contributed by atoms with van der Waals surface area (Å²) in [4.78, 5) is 60.5. The summed E-state index contributed by atoms with van der Waals surface area (Å²) in [5.41, 5.74) is 2.09.